The third-order valence-corrected chi connectivity index (χ3v) is 2.96. The van der Waals surface area contributed by atoms with Crippen LogP contribution in [0.1, 0.15) is 35.6 Å². The zero-order chi connectivity index (χ0) is 13.8. The predicted molar refractivity (Wildman–Crippen MR) is 68.7 cm³/mol. The first-order valence-electron chi connectivity index (χ1n) is 6.23. The smallest absolute Gasteiger partial charge is 0.376 e. The van der Waals surface area contributed by atoms with Crippen LogP contribution in [0.2, 0.25) is 0 Å². The quantitative estimate of drug-likeness (QED) is 0.746. The average molecular weight is 260 g/mol. The number of carbonyl (C=O) groups is 1. The molecule has 0 aromatic carbocycles. The van der Waals surface area contributed by atoms with Crippen molar-refractivity contribution in [2.75, 3.05) is 18.6 Å². The minimum Gasteiger partial charge on any atom is -0.463 e. The Hall–Kier alpha value is -2.16. The van der Waals surface area contributed by atoms with E-state index in [0.717, 1.165) is 12.8 Å². The number of nitriles is 1. The Bertz CT molecular complexity index is 520. The van der Waals surface area contributed by atoms with Crippen molar-refractivity contribution >= 4 is 11.8 Å². The third-order valence-electron chi connectivity index (χ3n) is 2.96. The molecule has 6 heteroatoms. The zero-order valence-electron chi connectivity index (χ0n) is 11.1. The zero-order valence-corrected chi connectivity index (χ0v) is 11.1. The standard InChI is InChI=1S/C13H16N4O2/c1-9-8-11(16-12(15-9)13(18)19-2)17(7-3-6-14)10-4-5-10/h8,10H,3-5,7H2,1-2H3. The number of hydrogen-bond donors (Lipinski definition) is 0. The molecule has 100 valence electrons. The molecule has 0 bridgehead atoms. The van der Waals surface area contributed by atoms with E-state index in [1.54, 1.807) is 0 Å². The van der Waals surface area contributed by atoms with E-state index in [1.165, 1.54) is 7.11 Å². The first-order valence-corrected chi connectivity index (χ1v) is 6.23. The molecule has 1 aliphatic rings. The van der Waals surface area contributed by atoms with Crippen LogP contribution in [0.3, 0.4) is 0 Å². The topological polar surface area (TPSA) is 79.1 Å². The summed E-state index contributed by atoms with van der Waals surface area (Å²) >= 11 is 0. The summed E-state index contributed by atoms with van der Waals surface area (Å²) in [5.41, 5.74) is 0.716. The van der Waals surface area contributed by atoms with Gasteiger partial charge in [-0.15, -0.1) is 0 Å². The van der Waals surface area contributed by atoms with Gasteiger partial charge < -0.3 is 9.64 Å². The minimum atomic E-state index is -0.541. The summed E-state index contributed by atoms with van der Waals surface area (Å²) in [4.78, 5) is 21.9. The number of aromatic nitrogens is 2. The van der Waals surface area contributed by atoms with E-state index in [2.05, 4.69) is 25.7 Å². The fraction of sp³-hybridized carbons (Fsp3) is 0.538. The number of nitrogens with zero attached hydrogens (tertiary/aromatic N) is 4. The molecule has 1 fully saturated rings. The number of carbonyl (C=O) groups excluding carboxylic acids is 1. The highest BCUT2D eigenvalue weighted by Crippen LogP contribution is 2.31. The second-order valence-electron chi connectivity index (χ2n) is 4.52. The molecule has 0 spiro atoms. The number of anilines is 1. The van der Waals surface area contributed by atoms with Crippen molar-refractivity contribution in [1.82, 2.24) is 9.97 Å². The normalized spacial score (nSPS) is 13.7. The predicted octanol–water partition coefficient (Wildman–Crippen LogP) is 1.45. The van der Waals surface area contributed by atoms with Gasteiger partial charge >= 0.3 is 5.97 Å². The number of rotatable bonds is 5. The monoisotopic (exact) mass is 260 g/mol. The van der Waals surface area contributed by atoms with Crippen molar-refractivity contribution in [2.45, 2.75) is 32.2 Å². The van der Waals surface area contributed by atoms with Gasteiger partial charge in [0.2, 0.25) is 5.82 Å². The molecular formula is C13H16N4O2. The van der Waals surface area contributed by atoms with Crippen molar-refractivity contribution in [3.8, 4) is 6.07 Å². The Balaban J connectivity index is 2.28. The van der Waals surface area contributed by atoms with Gasteiger partial charge in [-0.3, -0.25) is 0 Å². The highest BCUT2D eigenvalue weighted by atomic mass is 16.5. The number of aryl methyl sites for hydroxylation is 1. The summed E-state index contributed by atoms with van der Waals surface area (Å²) in [7, 11) is 1.31. The van der Waals surface area contributed by atoms with Gasteiger partial charge in [0, 0.05) is 24.3 Å². The minimum absolute atomic E-state index is 0.0695. The fourth-order valence-electron chi connectivity index (χ4n) is 1.92. The molecular weight excluding hydrogens is 244 g/mol. The molecule has 0 saturated heterocycles. The van der Waals surface area contributed by atoms with Crippen LogP contribution in [-0.2, 0) is 4.74 Å². The van der Waals surface area contributed by atoms with Crippen molar-refractivity contribution in [3.05, 3.63) is 17.6 Å². The number of esters is 1. The van der Waals surface area contributed by atoms with Gasteiger partial charge in [0.05, 0.1) is 19.6 Å². The van der Waals surface area contributed by atoms with Gasteiger partial charge in [0.15, 0.2) is 0 Å². The van der Waals surface area contributed by atoms with E-state index >= 15 is 0 Å². The summed E-state index contributed by atoms with van der Waals surface area (Å²) in [6.07, 6.45) is 2.64. The molecule has 1 aliphatic carbocycles. The van der Waals surface area contributed by atoms with Gasteiger partial charge in [-0.05, 0) is 19.8 Å². The lowest BCUT2D eigenvalue weighted by Crippen LogP contribution is -2.28. The Morgan fingerprint density at radius 2 is 2.32 bits per heavy atom. The lowest BCUT2D eigenvalue weighted by molar-refractivity contribution is 0.0586. The average Bonchev–Trinajstić information content (AvgIpc) is 3.22. The van der Waals surface area contributed by atoms with Crippen LogP contribution < -0.4 is 4.90 Å². The Kier molecular flexibility index (Phi) is 3.95. The van der Waals surface area contributed by atoms with Crippen LogP contribution in [0.25, 0.3) is 0 Å². The Labute approximate surface area is 112 Å². The van der Waals surface area contributed by atoms with E-state index in [4.69, 9.17) is 5.26 Å². The highest BCUT2D eigenvalue weighted by molar-refractivity contribution is 5.85. The van der Waals surface area contributed by atoms with Crippen molar-refractivity contribution in [1.29, 1.82) is 5.26 Å². The second-order valence-corrected chi connectivity index (χ2v) is 4.52. The van der Waals surface area contributed by atoms with Gasteiger partial charge in [-0.2, -0.15) is 5.26 Å². The molecule has 1 aromatic heterocycles. The van der Waals surface area contributed by atoms with E-state index in [0.29, 0.717) is 30.5 Å². The Morgan fingerprint density at radius 1 is 1.58 bits per heavy atom. The molecule has 0 aliphatic heterocycles. The molecule has 0 amide bonds. The van der Waals surface area contributed by atoms with Gasteiger partial charge in [-0.1, -0.05) is 0 Å². The maximum Gasteiger partial charge on any atom is 0.376 e. The van der Waals surface area contributed by atoms with Crippen LogP contribution >= 0.6 is 0 Å². The van der Waals surface area contributed by atoms with Gasteiger partial charge in [0.25, 0.3) is 0 Å². The van der Waals surface area contributed by atoms with Gasteiger partial charge in [0.1, 0.15) is 5.82 Å². The fourth-order valence-corrected chi connectivity index (χ4v) is 1.92. The molecule has 0 unspecified atom stereocenters. The third kappa shape index (κ3) is 3.19. The van der Waals surface area contributed by atoms with Crippen molar-refractivity contribution in [2.24, 2.45) is 0 Å². The molecule has 0 radical (unpaired) electrons. The highest BCUT2D eigenvalue weighted by Gasteiger charge is 2.30. The first kappa shape index (κ1) is 13.3. The van der Waals surface area contributed by atoms with Crippen LogP contribution in [0.4, 0.5) is 5.82 Å². The maximum atomic E-state index is 11.5. The van der Waals surface area contributed by atoms with E-state index < -0.39 is 5.97 Å². The maximum absolute atomic E-state index is 11.5. The van der Waals surface area contributed by atoms with Crippen LogP contribution in [0.5, 0.6) is 0 Å². The summed E-state index contributed by atoms with van der Waals surface area (Å²) in [5.74, 6) is 0.228. The summed E-state index contributed by atoms with van der Waals surface area (Å²) in [5, 5.41) is 8.72. The number of ether oxygens (including phenoxy) is 1. The molecule has 2 rings (SSSR count). The number of hydrogen-bond acceptors (Lipinski definition) is 6. The largest absolute Gasteiger partial charge is 0.463 e. The van der Waals surface area contributed by atoms with E-state index in [-0.39, 0.29) is 5.82 Å². The summed E-state index contributed by atoms with van der Waals surface area (Å²) in [6.45, 7) is 2.44. The lowest BCUT2D eigenvalue weighted by atomic mass is 10.3. The molecule has 1 aromatic rings. The second kappa shape index (κ2) is 5.65. The van der Waals surface area contributed by atoms with E-state index in [9.17, 15) is 4.79 Å². The lowest BCUT2D eigenvalue weighted by Gasteiger charge is -2.22. The van der Waals surface area contributed by atoms with Crippen molar-refractivity contribution < 1.29 is 9.53 Å². The molecule has 1 saturated carbocycles. The van der Waals surface area contributed by atoms with Crippen LogP contribution in [0.15, 0.2) is 6.07 Å². The SMILES string of the molecule is COC(=O)c1nc(C)cc(N(CCC#N)C2CC2)n1. The molecule has 0 atom stereocenters. The summed E-state index contributed by atoms with van der Waals surface area (Å²) in [6, 6.07) is 4.40. The molecule has 0 N–H and O–H groups in total. The number of methoxy groups -OCH3 is 1. The van der Waals surface area contributed by atoms with Crippen LogP contribution in [0, 0.1) is 18.3 Å². The van der Waals surface area contributed by atoms with E-state index in [1.807, 2.05) is 13.0 Å². The summed E-state index contributed by atoms with van der Waals surface area (Å²) < 4.78 is 4.65. The van der Waals surface area contributed by atoms with Gasteiger partial charge in [-0.25, -0.2) is 14.8 Å². The Morgan fingerprint density at radius 3 is 2.89 bits per heavy atom. The van der Waals surface area contributed by atoms with Crippen molar-refractivity contribution in [3.63, 3.8) is 0 Å². The molecule has 6 nitrogen and oxygen atoms in total. The van der Waals surface area contributed by atoms with Crippen LogP contribution in [-0.4, -0.2) is 35.6 Å². The first-order chi connectivity index (χ1) is 9.15. The molecule has 19 heavy (non-hydrogen) atoms. The molecule has 1 heterocycles.